The highest BCUT2D eigenvalue weighted by Crippen LogP contribution is 2.21. The highest BCUT2D eigenvalue weighted by molar-refractivity contribution is 9.11. The molecule has 0 spiro atoms. The second kappa shape index (κ2) is 8.24. The van der Waals surface area contributed by atoms with Gasteiger partial charge in [0.25, 0.3) is 5.91 Å². The van der Waals surface area contributed by atoms with Gasteiger partial charge in [0.15, 0.2) is 0 Å². The summed E-state index contributed by atoms with van der Waals surface area (Å²) in [6.45, 7) is 1.67. The minimum absolute atomic E-state index is 0.111. The van der Waals surface area contributed by atoms with Gasteiger partial charge in [-0.3, -0.25) is 4.79 Å². The number of ether oxygens (including phenoxy) is 1. The van der Waals surface area contributed by atoms with Gasteiger partial charge in [-0.15, -0.1) is 0 Å². The monoisotopic (exact) mass is 427 g/mol. The van der Waals surface area contributed by atoms with E-state index in [1.165, 1.54) is 0 Å². The molecule has 94 valence electrons. The first-order chi connectivity index (χ1) is 8.15. The van der Waals surface area contributed by atoms with Crippen molar-refractivity contribution < 1.29 is 9.53 Å². The molecule has 0 saturated carbocycles. The number of benzene rings is 1. The van der Waals surface area contributed by atoms with E-state index in [1.807, 2.05) is 12.1 Å². The average Bonchev–Trinajstić information content (AvgIpc) is 2.32. The molecule has 0 atom stereocenters. The lowest BCUT2D eigenvalue weighted by Gasteiger charge is -2.07. The second-order valence-electron chi connectivity index (χ2n) is 3.18. The van der Waals surface area contributed by atoms with Crippen LogP contribution in [0, 0.1) is 0 Å². The van der Waals surface area contributed by atoms with E-state index in [-0.39, 0.29) is 5.91 Å². The van der Waals surface area contributed by atoms with Crippen LogP contribution in [0.15, 0.2) is 27.1 Å². The zero-order valence-electron chi connectivity index (χ0n) is 9.01. The van der Waals surface area contributed by atoms with Crippen LogP contribution in [0.25, 0.3) is 0 Å². The molecule has 0 aliphatic heterocycles. The summed E-state index contributed by atoms with van der Waals surface area (Å²) in [7, 11) is 0. The van der Waals surface area contributed by atoms with E-state index < -0.39 is 0 Å². The Morgan fingerprint density at radius 3 is 2.76 bits per heavy atom. The summed E-state index contributed by atoms with van der Waals surface area (Å²) in [5.41, 5.74) is 0.611. The number of halogens is 3. The summed E-state index contributed by atoms with van der Waals surface area (Å²) in [6, 6.07) is 5.49. The van der Waals surface area contributed by atoms with Crippen LogP contribution in [0.3, 0.4) is 0 Å². The van der Waals surface area contributed by atoms with Gasteiger partial charge in [0.2, 0.25) is 0 Å². The molecule has 0 saturated heterocycles. The number of carbonyl (C=O) groups is 1. The van der Waals surface area contributed by atoms with Crippen LogP contribution >= 0.6 is 47.8 Å². The number of hydrogen-bond donors (Lipinski definition) is 1. The van der Waals surface area contributed by atoms with Crippen LogP contribution < -0.4 is 5.32 Å². The molecule has 1 amide bonds. The molecule has 6 heteroatoms. The number of rotatable bonds is 6. The lowest BCUT2D eigenvalue weighted by atomic mass is 10.2. The predicted octanol–water partition coefficient (Wildman–Crippen LogP) is 3.35. The molecule has 17 heavy (non-hydrogen) atoms. The Bertz CT molecular complexity index is 385. The van der Waals surface area contributed by atoms with E-state index in [1.54, 1.807) is 6.07 Å². The quantitative estimate of drug-likeness (QED) is 0.556. The zero-order chi connectivity index (χ0) is 12.7. The first-order valence-corrected chi connectivity index (χ1v) is 7.73. The van der Waals surface area contributed by atoms with Crippen LogP contribution in [0.5, 0.6) is 0 Å². The molecule has 1 rings (SSSR count). The maximum atomic E-state index is 11.8. The van der Waals surface area contributed by atoms with Gasteiger partial charge in [-0.1, -0.05) is 31.9 Å². The first-order valence-electron chi connectivity index (χ1n) is 5.02. The van der Waals surface area contributed by atoms with Gasteiger partial charge in [0.1, 0.15) is 0 Å². The van der Waals surface area contributed by atoms with Crippen LogP contribution in [0.1, 0.15) is 10.4 Å². The zero-order valence-corrected chi connectivity index (χ0v) is 13.8. The van der Waals surface area contributed by atoms with Crippen molar-refractivity contribution in [3.63, 3.8) is 0 Å². The third kappa shape index (κ3) is 5.50. The molecule has 1 N–H and O–H groups in total. The summed E-state index contributed by atoms with van der Waals surface area (Å²) in [5, 5.41) is 3.60. The molecule has 1 aromatic carbocycles. The van der Waals surface area contributed by atoms with E-state index in [9.17, 15) is 4.79 Å². The van der Waals surface area contributed by atoms with Crippen molar-refractivity contribution in [2.45, 2.75) is 0 Å². The fraction of sp³-hybridized carbons (Fsp3) is 0.364. The molecule has 0 aliphatic rings. The number of alkyl halides is 1. The Balaban J connectivity index is 2.44. The largest absolute Gasteiger partial charge is 0.379 e. The molecule has 3 nitrogen and oxygen atoms in total. The summed E-state index contributed by atoms with van der Waals surface area (Å²) in [4.78, 5) is 11.8. The van der Waals surface area contributed by atoms with E-state index in [2.05, 4.69) is 53.1 Å². The molecule has 0 radical (unpaired) electrons. The molecular formula is C11H12Br3NO2. The van der Waals surface area contributed by atoms with E-state index in [0.717, 1.165) is 14.3 Å². The van der Waals surface area contributed by atoms with Gasteiger partial charge in [0.05, 0.1) is 18.8 Å². The fourth-order valence-electron chi connectivity index (χ4n) is 1.16. The number of amides is 1. The SMILES string of the molecule is O=C(NCCOCCBr)c1cc(Br)ccc1Br. The summed E-state index contributed by atoms with van der Waals surface area (Å²) >= 11 is 9.94. The number of hydrogen-bond acceptors (Lipinski definition) is 2. The van der Waals surface area contributed by atoms with E-state index >= 15 is 0 Å². The van der Waals surface area contributed by atoms with E-state index in [0.29, 0.717) is 25.3 Å². The molecule has 0 aromatic heterocycles. The third-order valence-corrected chi connectivity index (χ3v) is 3.43. The van der Waals surface area contributed by atoms with Crippen molar-refractivity contribution >= 4 is 53.7 Å². The lowest BCUT2D eigenvalue weighted by molar-refractivity contribution is 0.0923. The van der Waals surface area contributed by atoms with Crippen LogP contribution in [0.2, 0.25) is 0 Å². The average molecular weight is 430 g/mol. The topological polar surface area (TPSA) is 38.3 Å². The third-order valence-electron chi connectivity index (χ3n) is 1.93. The Morgan fingerprint density at radius 2 is 2.06 bits per heavy atom. The summed E-state index contributed by atoms with van der Waals surface area (Å²) in [6.07, 6.45) is 0. The highest BCUT2D eigenvalue weighted by atomic mass is 79.9. The Kier molecular flexibility index (Phi) is 7.34. The lowest BCUT2D eigenvalue weighted by Crippen LogP contribution is -2.27. The minimum Gasteiger partial charge on any atom is -0.379 e. The van der Waals surface area contributed by atoms with Crippen molar-refractivity contribution in [1.29, 1.82) is 0 Å². The van der Waals surface area contributed by atoms with Crippen molar-refractivity contribution in [2.75, 3.05) is 25.1 Å². The van der Waals surface area contributed by atoms with Crippen molar-refractivity contribution in [3.05, 3.63) is 32.7 Å². The summed E-state index contributed by atoms with van der Waals surface area (Å²) < 4.78 is 6.89. The normalized spacial score (nSPS) is 10.3. The van der Waals surface area contributed by atoms with Crippen LogP contribution in [-0.2, 0) is 4.74 Å². The molecule has 0 heterocycles. The fourth-order valence-corrected chi connectivity index (χ4v) is 2.18. The predicted molar refractivity (Wildman–Crippen MR) is 78.8 cm³/mol. The number of carbonyl (C=O) groups excluding carboxylic acids is 1. The van der Waals surface area contributed by atoms with Gasteiger partial charge in [0, 0.05) is 20.8 Å². The van der Waals surface area contributed by atoms with Crippen LogP contribution in [-0.4, -0.2) is 31.0 Å². The van der Waals surface area contributed by atoms with Crippen molar-refractivity contribution in [2.24, 2.45) is 0 Å². The van der Waals surface area contributed by atoms with Gasteiger partial charge in [-0.25, -0.2) is 0 Å². The van der Waals surface area contributed by atoms with Gasteiger partial charge >= 0.3 is 0 Å². The van der Waals surface area contributed by atoms with Gasteiger partial charge < -0.3 is 10.1 Å². The summed E-state index contributed by atoms with van der Waals surface area (Å²) in [5.74, 6) is -0.111. The maximum Gasteiger partial charge on any atom is 0.252 e. The Morgan fingerprint density at radius 1 is 1.29 bits per heavy atom. The van der Waals surface area contributed by atoms with E-state index in [4.69, 9.17) is 4.74 Å². The van der Waals surface area contributed by atoms with Gasteiger partial charge in [-0.05, 0) is 34.1 Å². The van der Waals surface area contributed by atoms with Crippen molar-refractivity contribution in [1.82, 2.24) is 5.32 Å². The molecule has 0 bridgehead atoms. The molecule has 0 fully saturated rings. The molecule has 0 unspecified atom stereocenters. The standard InChI is InChI=1S/C11H12Br3NO2/c12-3-5-17-6-4-15-11(16)9-7-8(13)1-2-10(9)14/h1-2,7H,3-6H2,(H,15,16). The maximum absolute atomic E-state index is 11.8. The highest BCUT2D eigenvalue weighted by Gasteiger charge is 2.09. The number of nitrogens with one attached hydrogen (secondary N) is 1. The smallest absolute Gasteiger partial charge is 0.252 e. The second-order valence-corrected chi connectivity index (χ2v) is 5.74. The molecule has 0 aliphatic carbocycles. The van der Waals surface area contributed by atoms with Gasteiger partial charge in [-0.2, -0.15) is 0 Å². The minimum atomic E-state index is -0.111. The Hall–Kier alpha value is 0.0900. The molecule has 1 aromatic rings. The molecular weight excluding hydrogens is 418 g/mol. The Labute approximate surface area is 126 Å². The van der Waals surface area contributed by atoms with Crippen LogP contribution in [0.4, 0.5) is 0 Å². The van der Waals surface area contributed by atoms with Crippen molar-refractivity contribution in [3.8, 4) is 0 Å². The first kappa shape index (κ1) is 15.1.